The largest absolute Gasteiger partial charge is 0.253 e. The van der Waals surface area contributed by atoms with Crippen LogP contribution in [-0.4, -0.2) is 8.42 Å². The van der Waals surface area contributed by atoms with Gasteiger partial charge in [-0.3, -0.25) is 0 Å². The van der Waals surface area contributed by atoms with Gasteiger partial charge in [-0.25, -0.2) is 8.42 Å². The van der Waals surface area contributed by atoms with Crippen LogP contribution in [0.3, 0.4) is 0 Å². The van der Waals surface area contributed by atoms with Gasteiger partial charge in [0.15, 0.2) is 0 Å². The molecule has 0 saturated carbocycles. The lowest BCUT2D eigenvalue weighted by Gasteiger charge is -1.99. The molecular weight excluding hydrogens is 265 g/mol. The van der Waals surface area contributed by atoms with Crippen LogP contribution in [-0.2, 0) is 10.0 Å². The Morgan fingerprint density at radius 3 is 2.17 bits per heavy atom. The first kappa shape index (κ1) is 9.98. The highest BCUT2D eigenvalue weighted by molar-refractivity contribution is 9.10. The van der Waals surface area contributed by atoms with E-state index in [1.807, 2.05) is 0 Å². The lowest BCUT2D eigenvalue weighted by molar-refractivity contribution is 0.594. The maximum Gasteiger partial charge on any atom is 0.253 e. The van der Waals surface area contributed by atoms with Crippen LogP contribution >= 0.6 is 27.7 Å². The first-order chi connectivity index (χ1) is 5.56. The van der Waals surface area contributed by atoms with Crippen molar-refractivity contribution in [1.29, 1.82) is 0 Å². The average molecular weight is 271 g/mol. The second-order valence-electron chi connectivity index (χ2n) is 2.03. The molecule has 0 amide bonds. The van der Waals surface area contributed by atoms with Gasteiger partial charge in [-0.15, -0.1) is 4.24 Å². The van der Waals surface area contributed by atoms with Crippen LogP contribution in [0.5, 0.6) is 0 Å². The molecule has 3 nitrogen and oxygen atoms in total. The standard InChI is InChI=1S/C6H5BrClNO2S/c7-5-1-3-6(4-2-5)12(10,11)9-8/h1-4,9H. The molecule has 0 atom stereocenters. The Labute approximate surface area is 84.0 Å². The Hall–Kier alpha value is -0.100. The Morgan fingerprint density at radius 1 is 1.25 bits per heavy atom. The zero-order chi connectivity index (χ0) is 9.19. The molecule has 0 aromatic heterocycles. The summed E-state index contributed by atoms with van der Waals surface area (Å²) in [5.41, 5.74) is 0. The zero-order valence-electron chi connectivity index (χ0n) is 5.79. The molecule has 1 aromatic rings. The third-order valence-electron chi connectivity index (χ3n) is 1.23. The molecule has 0 spiro atoms. The van der Waals surface area contributed by atoms with Crippen molar-refractivity contribution in [1.82, 2.24) is 4.24 Å². The molecule has 12 heavy (non-hydrogen) atoms. The van der Waals surface area contributed by atoms with Crippen LogP contribution in [0.1, 0.15) is 0 Å². The van der Waals surface area contributed by atoms with Gasteiger partial charge in [-0.1, -0.05) is 15.9 Å². The maximum absolute atomic E-state index is 11.1. The Balaban J connectivity index is 3.14. The van der Waals surface area contributed by atoms with Crippen molar-refractivity contribution in [3.63, 3.8) is 0 Å². The zero-order valence-corrected chi connectivity index (χ0v) is 8.95. The van der Waals surface area contributed by atoms with Gasteiger partial charge in [0.1, 0.15) is 0 Å². The molecule has 0 fully saturated rings. The fourth-order valence-corrected chi connectivity index (χ4v) is 1.77. The summed E-state index contributed by atoms with van der Waals surface area (Å²) in [5.74, 6) is 0. The van der Waals surface area contributed by atoms with Gasteiger partial charge < -0.3 is 0 Å². The Morgan fingerprint density at radius 2 is 1.75 bits per heavy atom. The van der Waals surface area contributed by atoms with Gasteiger partial charge in [0.05, 0.1) is 4.90 Å². The van der Waals surface area contributed by atoms with E-state index in [1.54, 1.807) is 16.4 Å². The van der Waals surface area contributed by atoms with Gasteiger partial charge in [0, 0.05) is 4.47 Å². The number of benzene rings is 1. The molecule has 1 N–H and O–H groups in total. The highest BCUT2D eigenvalue weighted by atomic mass is 79.9. The molecule has 1 rings (SSSR count). The molecule has 0 aliphatic carbocycles. The first-order valence-corrected chi connectivity index (χ1v) is 5.60. The molecule has 6 heteroatoms. The quantitative estimate of drug-likeness (QED) is 0.834. The minimum absolute atomic E-state index is 0.140. The number of hydrogen-bond acceptors (Lipinski definition) is 2. The van der Waals surface area contributed by atoms with E-state index in [1.165, 1.54) is 12.1 Å². The van der Waals surface area contributed by atoms with Crippen LogP contribution in [0.15, 0.2) is 33.6 Å². The van der Waals surface area contributed by atoms with Gasteiger partial charge in [0.25, 0.3) is 10.0 Å². The van der Waals surface area contributed by atoms with Gasteiger partial charge in [0.2, 0.25) is 0 Å². The van der Waals surface area contributed by atoms with E-state index < -0.39 is 10.0 Å². The molecule has 0 heterocycles. The molecule has 1 aromatic carbocycles. The Kier molecular flexibility index (Phi) is 3.11. The topological polar surface area (TPSA) is 46.2 Å². The highest BCUT2D eigenvalue weighted by Gasteiger charge is 2.10. The Bertz CT molecular complexity index is 362. The van der Waals surface area contributed by atoms with Gasteiger partial charge in [-0.2, -0.15) is 0 Å². The summed E-state index contributed by atoms with van der Waals surface area (Å²) in [6, 6.07) is 6.16. The third-order valence-corrected chi connectivity index (χ3v) is 3.46. The van der Waals surface area contributed by atoms with Crippen molar-refractivity contribution < 1.29 is 8.42 Å². The van der Waals surface area contributed by atoms with E-state index in [-0.39, 0.29) is 4.90 Å². The fraction of sp³-hybridized carbons (Fsp3) is 0. The van der Waals surface area contributed by atoms with Crippen LogP contribution in [0.4, 0.5) is 0 Å². The lowest BCUT2D eigenvalue weighted by Crippen LogP contribution is -2.12. The molecular formula is C6H5BrClNO2S. The molecule has 0 radical (unpaired) electrons. The number of rotatable bonds is 2. The van der Waals surface area contributed by atoms with E-state index >= 15 is 0 Å². The molecule has 0 aliphatic rings. The van der Waals surface area contributed by atoms with Crippen molar-refractivity contribution in [3.05, 3.63) is 28.7 Å². The van der Waals surface area contributed by atoms with Crippen molar-refractivity contribution in [2.24, 2.45) is 0 Å². The summed E-state index contributed by atoms with van der Waals surface area (Å²) >= 11 is 8.20. The van der Waals surface area contributed by atoms with Crippen molar-refractivity contribution >= 4 is 37.7 Å². The van der Waals surface area contributed by atoms with Crippen molar-refractivity contribution in [2.75, 3.05) is 0 Å². The average Bonchev–Trinajstić information content (AvgIpc) is 2.05. The molecule has 66 valence electrons. The summed E-state index contributed by atoms with van der Waals surface area (Å²) in [4.78, 5) is 0.140. The summed E-state index contributed by atoms with van der Waals surface area (Å²) < 4.78 is 24.6. The summed E-state index contributed by atoms with van der Waals surface area (Å²) in [6.07, 6.45) is 0. The second kappa shape index (κ2) is 3.74. The molecule has 0 bridgehead atoms. The predicted molar refractivity (Wildman–Crippen MR) is 50.3 cm³/mol. The van der Waals surface area contributed by atoms with E-state index in [0.717, 1.165) is 4.47 Å². The SMILES string of the molecule is O=S(=O)(NCl)c1ccc(Br)cc1. The van der Waals surface area contributed by atoms with E-state index in [4.69, 9.17) is 11.8 Å². The van der Waals surface area contributed by atoms with E-state index in [9.17, 15) is 8.42 Å². The van der Waals surface area contributed by atoms with Gasteiger partial charge >= 0.3 is 0 Å². The normalized spacial score (nSPS) is 11.5. The minimum atomic E-state index is -3.52. The van der Waals surface area contributed by atoms with Crippen LogP contribution in [0.2, 0.25) is 0 Å². The van der Waals surface area contributed by atoms with Crippen LogP contribution in [0, 0.1) is 0 Å². The number of nitrogens with one attached hydrogen (secondary N) is 1. The molecule has 0 aliphatic heterocycles. The second-order valence-corrected chi connectivity index (χ2v) is 5.05. The summed E-state index contributed by atoms with van der Waals surface area (Å²) in [7, 11) is -3.52. The molecule has 0 saturated heterocycles. The fourth-order valence-electron chi connectivity index (χ4n) is 0.658. The number of sulfonamides is 1. The van der Waals surface area contributed by atoms with Crippen molar-refractivity contribution in [2.45, 2.75) is 4.90 Å². The summed E-state index contributed by atoms with van der Waals surface area (Å²) in [5, 5.41) is 0. The monoisotopic (exact) mass is 269 g/mol. The highest BCUT2D eigenvalue weighted by Crippen LogP contribution is 2.14. The van der Waals surface area contributed by atoms with Crippen molar-refractivity contribution in [3.8, 4) is 0 Å². The smallest absolute Gasteiger partial charge is 0.206 e. The molecule has 0 unspecified atom stereocenters. The third kappa shape index (κ3) is 2.20. The van der Waals surface area contributed by atoms with Crippen LogP contribution < -0.4 is 4.24 Å². The maximum atomic E-state index is 11.1. The minimum Gasteiger partial charge on any atom is -0.206 e. The predicted octanol–water partition coefficient (Wildman–Crippen LogP) is 1.88. The lowest BCUT2D eigenvalue weighted by atomic mass is 10.4. The van der Waals surface area contributed by atoms with E-state index in [0.29, 0.717) is 0 Å². The van der Waals surface area contributed by atoms with E-state index in [2.05, 4.69) is 15.9 Å². The van der Waals surface area contributed by atoms with Crippen LogP contribution in [0.25, 0.3) is 0 Å². The first-order valence-electron chi connectivity index (χ1n) is 2.94. The van der Waals surface area contributed by atoms with Gasteiger partial charge in [-0.05, 0) is 36.0 Å². The number of halogens is 2. The summed E-state index contributed by atoms with van der Waals surface area (Å²) in [6.45, 7) is 0. The number of hydrogen-bond donors (Lipinski definition) is 1.